The molecule has 4 unspecified atom stereocenters. The average Bonchev–Trinajstić information content (AvgIpc) is 3.36. The first-order valence-corrected chi connectivity index (χ1v) is 15.3. The standard InChI is InChI=1S/C30H45N5O7S/c1-3-4-5-6-7-8-9-14-26(37)33-23(15-20-17-31-22-13-11-10-12-21(20)22)29(41)35-25(18-36)30(42)34-24(16-27(38)39)28(40)32-19(2)43/h10-13,17,19,23-25,31,36,43H,3-9,14-16,18H2,1-2H3,(H,32,40)(H,33,37)(H,34,42)(H,35,41)(H,38,39). The predicted molar refractivity (Wildman–Crippen MR) is 166 cm³/mol. The maximum Gasteiger partial charge on any atom is 0.305 e. The van der Waals surface area contributed by atoms with Crippen molar-refractivity contribution in [1.82, 2.24) is 26.3 Å². The van der Waals surface area contributed by atoms with Crippen LogP contribution in [0.4, 0.5) is 0 Å². The summed E-state index contributed by atoms with van der Waals surface area (Å²) >= 11 is 4.04. The summed E-state index contributed by atoms with van der Waals surface area (Å²) in [5.74, 6) is -4.09. The molecule has 1 heterocycles. The largest absolute Gasteiger partial charge is 0.481 e. The van der Waals surface area contributed by atoms with Crippen molar-refractivity contribution in [2.24, 2.45) is 0 Å². The van der Waals surface area contributed by atoms with Crippen molar-refractivity contribution < 1.29 is 34.2 Å². The van der Waals surface area contributed by atoms with Crippen molar-refractivity contribution in [3.8, 4) is 0 Å². The zero-order chi connectivity index (χ0) is 31.8. The van der Waals surface area contributed by atoms with Gasteiger partial charge >= 0.3 is 5.97 Å². The molecule has 0 bridgehead atoms. The van der Waals surface area contributed by atoms with Gasteiger partial charge in [0.25, 0.3) is 0 Å². The number of aliphatic hydroxyl groups excluding tert-OH is 1. The summed E-state index contributed by atoms with van der Waals surface area (Å²) < 4.78 is 0. The lowest BCUT2D eigenvalue weighted by Crippen LogP contribution is -2.58. The predicted octanol–water partition coefficient (Wildman–Crippen LogP) is 2.16. The Labute approximate surface area is 257 Å². The first-order valence-electron chi connectivity index (χ1n) is 14.8. The molecule has 2 rings (SSSR count). The first kappa shape index (κ1) is 35.6. The van der Waals surface area contributed by atoms with Crippen LogP contribution in [0.3, 0.4) is 0 Å². The Morgan fingerprint density at radius 3 is 2.09 bits per heavy atom. The molecule has 0 spiro atoms. The Hall–Kier alpha value is -3.58. The minimum absolute atomic E-state index is 0.113. The lowest BCUT2D eigenvalue weighted by Gasteiger charge is -2.24. The number of carbonyl (C=O) groups excluding carboxylic acids is 4. The highest BCUT2D eigenvalue weighted by atomic mass is 32.1. The minimum atomic E-state index is -1.50. The summed E-state index contributed by atoms with van der Waals surface area (Å²) in [7, 11) is 0. The average molecular weight is 620 g/mol. The van der Waals surface area contributed by atoms with E-state index in [1.165, 1.54) is 12.8 Å². The summed E-state index contributed by atoms with van der Waals surface area (Å²) in [5.41, 5.74) is 1.63. The van der Waals surface area contributed by atoms with E-state index < -0.39 is 60.2 Å². The van der Waals surface area contributed by atoms with E-state index in [2.05, 4.69) is 45.8 Å². The summed E-state index contributed by atoms with van der Waals surface area (Å²) in [6.07, 6.45) is 8.65. The van der Waals surface area contributed by atoms with E-state index in [4.69, 9.17) is 0 Å². The molecule has 4 atom stereocenters. The van der Waals surface area contributed by atoms with Gasteiger partial charge in [-0.3, -0.25) is 24.0 Å². The number of fused-ring (bicyclic) bond motifs is 1. The monoisotopic (exact) mass is 619 g/mol. The number of carboxylic acid groups (broad SMARTS) is 1. The van der Waals surface area contributed by atoms with Gasteiger partial charge in [0.2, 0.25) is 23.6 Å². The van der Waals surface area contributed by atoms with Gasteiger partial charge in [-0.05, 0) is 25.0 Å². The Bertz CT molecular complexity index is 1220. The van der Waals surface area contributed by atoms with E-state index in [9.17, 15) is 34.2 Å². The van der Waals surface area contributed by atoms with Crippen LogP contribution in [0, 0.1) is 0 Å². The number of carboxylic acids is 1. The Kier molecular flexibility index (Phi) is 15.6. The fraction of sp³-hybridized carbons (Fsp3) is 0.567. The molecule has 0 aliphatic heterocycles. The number of aromatic nitrogens is 1. The van der Waals surface area contributed by atoms with Gasteiger partial charge in [-0.2, -0.15) is 12.6 Å². The molecular weight excluding hydrogens is 574 g/mol. The van der Waals surface area contributed by atoms with Gasteiger partial charge in [-0.1, -0.05) is 63.6 Å². The molecule has 43 heavy (non-hydrogen) atoms. The zero-order valence-corrected chi connectivity index (χ0v) is 25.8. The first-order chi connectivity index (χ1) is 20.5. The van der Waals surface area contributed by atoms with E-state index in [-0.39, 0.29) is 18.7 Å². The molecule has 0 aliphatic carbocycles. The molecule has 0 radical (unpaired) electrons. The normalized spacial score (nSPS) is 13.9. The van der Waals surface area contributed by atoms with Crippen molar-refractivity contribution in [3.63, 3.8) is 0 Å². The van der Waals surface area contributed by atoms with Crippen LogP contribution >= 0.6 is 12.6 Å². The number of aliphatic carboxylic acids is 1. The number of nitrogens with one attached hydrogen (secondary N) is 5. The SMILES string of the molecule is CCCCCCCCCC(=O)NC(Cc1c[nH]c2ccccc12)C(=O)NC(CO)C(=O)NC(CC(=O)O)C(=O)NC(C)S. The van der Waals surface area contributed by atoms with Crippen LogP contribution in [-0.2, 0) is 30.4 Å². The van der Waals surface area contributed by atoms with E-state index in [0.29, 0.717) is 6.42 Å². The van der Waals surface area contributed by atoms with Crippen LogP contribution in [0.1, 0.15) is 77.2 Å². The number of thiol groups is 1. The van der Waals surface area contributed by atoms with Gasteiger partial charge in [0, 0.05) is 29.9 Å². The van der Waals surface area contributed by atoms with Gasteiger partial charge in [0.05, 0.1) is 18.4 Å². The third-order valence-corrected chi connectivity index (χ3v) is 7.07. The van der Waals surface area contributed by atoms with Gasteiger partial charge in [-0.25, -0.2) is 0 Å². The molecule has 4 amide bonds. The summed E-state index contributed by atoms with van der Waals surface area (Å²) in [4.78, 5) is 66.0. The second kappa shape index (κ2) is 18.9. The van der Waals surface area contributed by atoms with Crippen LogP contribution in [0.15, 0.2) is 30.5 Å². The van der Waals surface area contributed by atoms with Crippen LogP contribution in [0.25, 0.3) is 10.9 Å². The van der Waals surface area contributed by atoms with Gasteiger partial charge in [-0.15, -0.1) is 0 Å². The van der Waals surface area contributed by atoms with Crippen molar-refractivity contribution >= 4 is 53.1 Å². The number of unbranched alkanes of at least 4 members (excludes halogenated alkanes) is 6. The number of carbonyl (C=O) groups is 5. The molecule has 7 N–H and O–H groups in total. The number of aliphatic hydroxyl groups is 1. The van der Waals surface area contributed by atoms with Crippen LogP contribution in [0.2, 0.25) is 0 Å². The maximum atomic E-state index is 13.4. The van der Waals surface area contributed by atoms with Crippen LogP contribution < -0.4 is 21.3 Å². The second-order valence-electron chi connectivity index (χ2n) is 10.6. The Balaban J connectivity index is 2.12. The third-order valence-electron chi connectivity index (χ3n) is 6.94. The number of para-hydroxylation sites is 1. The molecule has 12 nitrogen and oxygen atoms in total. The molecule has 238 valence electrons. The molecular formula is C30H45N5O7S. The number of amides is 4. The van der Waals surface area contributed by atoms with Crippen molar-refractivity contribution in [3.05, 3.63) is 36.0 Å². The summed E-state index contributed by atoms with van der Waals surface area (Å²) in [5, 5.41) is 29.3. The molecule has 0 fully saturated rings. The highest BCUT2D eigenvalue weighted by Crippen LogP contribution is 2.19. The lowest BCUT2D eigenvalue weighted by atomic mass is 10.0. The van der Waals surface area contributed by atoms with Gasteiger partial charge in [0.15, 0.2) is 0 Å². The van der Waals surface area contributed by atoms with E-state index >= 15 is 0 Å². The topological polar surface area (TPSA) is 190 Å². The van der Waals surface area contributed by atoms with Crippen LogP contribution in [0.5, 0.6) is 0 Å². The van der Waals surface area contributed by atoms with E-state index in [1.54, 1.807) is 13.1 Å². The van der Waals surface area contributed by atoms with Gasteiger partial charge < -0.3 is 36.5 Å². The maximum absolute atomic E-state index is 13.4. The van der Waals surface area contributed by atoms with E-state index in [1.807, 2.05) is 24.3 Å². The molecule has 0 saturated heterocycles. The third kappa shape index (κ3) is 12.7. The van der Waals surface area contributed by atoms with Gasteiger partial charge in [0.1, 0.15) is 18.1 Å². The smallest absolute Gasteiger partial charge is 0.305 e. The lowest BCUT2D eigenvalue weighted by molar-refractivity contribution is -0.141. The summed E-state index contributed by atoms with van der Waals surface area (Å²) in [6.45, 7) is 2.88. The number of hydrogen-bond acceptors (Lipinski definition) is 7. The van der Waals surface area contributed by atoms with Crippen molar-refractivity contribution in [2.45, 2.75) is 102 Å². The fourth-order valence-corrected chi connectivity index (χ4v) is 4.80. The number of benzene rings is 1. The highest BCUT2D eigenvalue weighted by Gasteiger charge is 2.31. The Morgan fingerprint density at radius 2 is 1.44 bits per heavy atom. The number of aromatic amines is 1. The minimum Gasteiger partial charge on any atom is -0.481 e. The quantitative estimate of drug-likeness (QED) is 0.0633. The molecule has 13 heteroatoms. The highest BCUT2D eigenvalue weighted by molar-refractivity contribution is 7.80. The molecule has 0 aliphatic rings. The number of rotatable bonds is 20. The Morgan fingerprint density at radius 1 is 0.837 bits per heavy atom. The zero-order valence-electron chi connectivity index (χ0n) is 24.9. The fourth-order valence-electron chi connectivity index (χ4n) is 4.67. The van der Waals surface area contributed by atoms with Crippen LogP contribution in [-0.4, -0.2) is 74.9 Å². The molecule has 0 saturated carbocycles. The number of hydrogen-bond donors (Lipinski definition) is 8. The van der Waals surface area contributed by atoms with Crippen molar-refractivity contribution in [1.29, 1.82) is 0 Å². The second-order valence-corrected chi connectivity index (χ2v) is 11.4. The number of H-pyrrole nitrogens is 1. The van der Waals surface area contributed by atoms with Crippen molar-refractivity contribution in [2.75, 3.05) is 6.61 Å². The molecule has 1 aromatic heterocycles. The molecule has 1 aromatic carbocycles. The molecule has 2 aromatic rings. The van der Waals surface area contributed by atoms with E-state index in [0.717, 1.165) is 42.1 Å². The summed E-state index contributed by atoms with van der Waals surface area (Å²) in [6, 6.07) is 3.47.